The molecule has 1 heterocycles. The maximum Gasteiger partial charge on any atom is 0.493 e. The van der Waals surface area contributed by atoms with E-state index in [0.717, 1.165) is 5.01 Å². The fraction of sp³-hybridized carbons (Fsp3) is 0.350. The Morgan fingerprint density at radius 3 is 2.42 bits per heavy atom. The Hall–Kier alpha value is -4.08. The molecule has 0 aliphatic rings. The number of ether oxygens (including phenoxy) is 1. The van der Waals surface area contributed by atoms with Gasteiger partial charge in [0.2, 0.25) is 5.82 Å². The summed E-state index contributed by atoms with van der Waals surface area (Å²) < 4.78 is 44.1. The summed E-state index contributed by atoms with van der Waals surface area (Å²) in [6, 6.07) is 7.82. The van der Waals surface area contributed by atoms with Crippen molar-refractivity contribution in [3.63, 3.8) is 0 Å². The van der Waals surface area contributed by atoms with Crippen molar-refractivity contribution in [2.24, 2.45) is 5.41 Å². The number of para-hydroxylation sites is 2. The molecule has 176 valence electrons. The van der Waals surface area contributed by atoms with Gasteiger partial charge in [0.05, 0.1) is 12.8 Å². The smallest absolute Gasteiger partial charge is 0.493 e. The second-order valence-electron chi connectivity index (χ2n) is 7.75. The average molecular weight is 466 g/mol. The second-order valence-corrected chi connectivity index (χ2v) is 7.75. The van der Waals surface area contributed by atoms with Gasteiger partial charge in [-0.1, -0.05) is 32.9 Å². The predicted molar refractivity (Wildman–Crippen MR) is 110 cm³/mol. The highest BCUT2D eigenvalue weighted by atomic mass is 19.4. The van der Waals surface area contributed by atoms with E-state index in [-0.39, 0.29) is 34.8 Å². The zero-order chi connectivity index (χ0) is 24.8. The quantitative estimate of drug-likeness (QED) is 0.663. The first-order valence-electron chi connectivity index (χ1n) is 9.39. The third-order valence-electron chi connectivity index (χ3n) is 3.77. The van der Waals surface area contributed by atoms with E-state index >= 15 is 0 Å². The lowest BCUT2D eigenvalue weighted by Gasteiger charge is -2.36. The van der Waals surface area contributed by atoms with Gasteiger partial charge < -0.3 is 14.9 Å². The van der Waals surface area contributed by atoms with Crippen molar-refractivity contribution in [3.8, 4) is 11.8 Å². The molecule has 0 atom stereocenters. The molecule has 1 aromatic heterocycles. The van der Waals surface area contributed by atoms with E-state index < -0.39 is 23.6 Å². The molecule has 2 aromatic rings. The Morgan fingerprint density at radius 2 is 1.85 bits per heavy atom. The fourth-order valence-electron chi connectivity index (χ4n) is 2.48. The van der Waals surface area contributed by atoms with Gasteiger partial charge in [0, 0.05) is 18.8 Å². The number of carbonyl (C=O) groups excluding carboxylic acids is 2. The van der Waals surface area contributed by atoms with Crippen LogP contribution in [-0.4, -0.2) is 47.0 Å². The van der Waals surface area contributed by atoms with E-state index in [9.17, 15) is 22.8 Å². The predicted octanol–water partition coefficient (Wildman–Crippen LogP) is 3.68. The molecule has 0 bridgehead atoms. The molecule has 33 heavy (non-hydrogen) atoms. The third-order valence-corrected chi connectivity index (χ3v) is 3.77. The summed E-state index contributed by atoms with van der Waals surface area (Å²) in [6.45, 7) is 5.05. The number of benzene rings is 1. The molecule has 0 saturated heterocycles. The van der Waals surface area contributed by atoms with Crippen LogP contribution in [0.3, 0.4) is 0 Å². The molecule has 0 aliphatic heterocycles. The van der Waals surface area contributed by atoms with Gasteiger partial charge in [-0.2, -0.15) is 23.4 Å². The van der Waals surface area contributed by atoms with Crippen LogP contribution >= 0.6 is 0 Å². The normalized spacial score (nSPS) is 11.2. The van der Waals surface area contributed by atoms with Crippen LogP contribution in [0, 0.1) is 16.7 Å². The van der Waals surface area contributed by atoms with Gasteiger partial charge >= 0.3 is 18.2 Å². The number of nitrogens with zero attached hydrogens (tertiary/aromatic N) is 5. The van der Waals surface area contributed by atoms with Crippen LogP contribution in [0.2, 0.25) is 0 Å². The molecule has 0 unspecified atom stereocenters. The number of halogens is 3. The Balaban J connectivity index is 2.56. The topological polar surface area (TPSA) is 121 Å². The van der Waals surface area contributed by atoms with Gasteiger partial charge in [-0.3, -0.25) is 0 Å². The summed E-state index contributed by atoms with van der Waals surface area (Å²) in [6.07, 6.45) is -4.21. The van der Waals surface area contributed by atoms with Crippen LogP contribution in [0.1, 0.15) is 26.6 Å². The molecule has 0 aliphatic carbocycles. The van der Waals surface area contributed by atoms with Gasteiger partial charge in [0.15, 0.2) is 5.82 Å². The van der Waals surface area contributed by atoms with Crippen molar-refractivity contribution in [2.75, 3.05) is 24.0 Å². The zero-order valence-corrected chi connectivity index (χ0v) is 18.2. The highest BCUT2D eigenvalue weighted by Gasteiger charge is 2.45. The first-order chi connectivity index (χ1) is 15.4. The number of aromatic nitrogens is 2. The van der Waals surface area contributed by atoms with Crippen LogP contribution in [0.5, 0.6) is 5.75 Å². The summed E-state index contributed by atoms with van der Waals surface area (Å²) in [7, 11) is 1.34. The summed E-state index contributed by atoms with van der Waals surface area (Å²) >= 11 is 0. The monoisotopic (exact) mass is 466 g/mol. The number of hydroxylamine groups is 1. The van der Waals surface area contributed by atoms with Crippen molar-refractivity contribution in [2.45, 2.75) is 26.9 Å². The second kappa shape index (κ2) is 10.0. The van der Waals surface area contributed by atoms with Gasteiger partial charge in [0.1, 0.15) is 11.8 Å². The first-order valence-corrected chi connectivity index (χ1v) is 9.39. The van der Waals surface area contributed by atoms with Gasteiger partial charge in [-0.05, 0) is 22.7 Å². The van der Waals surface area contributed by atoms with Crippen LogP contribution in [0.15, 0.2) is 36.5 Å². The maximum absolute atomic E-state index is 13.1. The molecular weight excluding hydrogens is 445 g/mol. The number of hydrazine groups is 1. The van der Waals surface area contributed by atoms with Crippen LogP contribution < -0.4 is 15.1 Å². The van der Waals surface area contributed by atoms with Crippen molar-refractivity contribution in [3.05, 3.63) is 42.4 Å². The van der Waals surface area contributed by atoms with Crippen LogP contribution in [-0.2, 0) is 9.63 Å². The van der Waals surface area contributed by atoms with E-state index in [1.54, 1.807) is 39.0 Å². The fourth-order valence-corrected chi connectivity index (χ4v) is 2.48. The molecule has 2 rings (SSSR count). The molecule has 10 nitrogen and oxygen atoms in total. The largest absolute Gasteiger partial charge is 0.495 e. The van der Waals surface area contributed by atoms with Gasteiger partial charge in [-0.25, -0.2) is 19.6 Å². The van der Waals surface area contributed by atoms with Crippen molar-refractivity contribution in [1.29, 1.82) is 5.26 Å². The lowest BCUT2D eigenvalue weighted by Crippen LogP contribution is -2.54. The summed E-state index contributed by atoms with van der Waals surface area (Å²) in [5.74, 6) is -2.88. The van der Waals surface area contributed by atoms with E-state index in [1.807, 2.05) is 0 Å². The minimum atomic E-state index is -5.39. The number of nitrogens with one attached hydrogen (secondary N) is 1. The maximum atomic E-state index is 13.1. The molecule has 13 heteroatoms. The minimum absolute atomic E-state index is 0.106. The van der Waals surface area contributed by atoms with Crippen molar-refractivity contribution in [1.82, 2.24) is 15.1 Å². The highest BCUT2D eigenvalue weighted by molar-refractivity contribution is 5.92. The number of rotatable bonds is 5. The Labute approximate surface area is 187 Å². The number of anilines is 2. The molecule has 2 amide bonds. The summed E-state index contributed by atoms with van der Waals surface area (Å²) in [5.41, 5.74) is -0.528. The lowest BCUT2D eigenvalue weighted by atomic mass is 9.97. The lowest BCUT2D eigenvalue weighted by molar-refractivity contribution is -0.229. The van der Waals surface area contributed by atoms with E-state index in [2.05, 4.69) is 20.1 Å². The Bertz CT molecular complexity index is 1050. The molecular formula is C20H21F3N6O4. The zero-order valence-electron chi connectivity index (χ0n) is 18.2. The number of hydrogen-bond acceptors (Lipinski definition) is 8. The van der Waals surface area contributed by atoms with E-state index in [0.29, 0.717) is 0 Å². The molecule has 1 aromatic carbocycles. The number of urea groups is 1. The Kier molecular flexibility index (Phi) is 7.65. The number of methoxy groups -OCH3 is 1. The number of hydrogen-bond donors (Lipinski definition) is 1. The summed E-state index contributed by atoms with van der Waals surface area (Å²) in [5, 5.41) is 12.5. The van der Waals surface area contributed by atoms with E-state index in [1.165, 1.54) is 31.5 Å². The van der Waals surface area contributed by atoms with E-state index in [4.69, 9.17) is 10.00 Å². The number of amides is 2. The third kappa shape index (κ3) is 6.96. The molecule has 0 spiro atoms. The molecule has 1 N–H and O–H groups in total. The standard InChI is InChI=1S/C20H21F3N6O4/c1-19(2,3)12-28(16-9-10-25-15(11-24)27-16)29(33-17(30)20(21,22)23)18(31)26-13-7-5-6-8-14(13)32-4/h5-10H,12H2,1-4H3,(H,26,31). The number of carbonyl (C=O) groups is 2. The van der Waals surface area contributed by atoms with Crippen molar-refractivity contribution < 1.29 is 32.3 Å². The molecule has 0 radical (unpaired) electrons. The number of alkyl halides is 3. The number of nitriles is 1. The Morgan fingerprint density at radius 1 is 1.18 bits per heavy atom. The average Bonchev–Trinajstić information content (AvgIpc) is 2.74. The highest BCUT2D eigenvalue weighted by Crippen LogP contribution is 2.27. The van der Waals surface area contributed by atoms with Crippen molar-refractivity contribution >= 4 is 23.5 Å². The molecule has 0 fully saturated rings. The van der Waals surface area contributed by atoms with Crippen LogP contribution in [0.4, 0.5) is 29.5 Å². The summed E-state index contributed by atoms with van der Waals surface area (Å²) in [4.78, 5) is 36.8. The van der Waals surface area contributed by atoms with Gasteiger partial charge in [0.25, 0.3) is 0 Å². The molecule has 0 saturated carbocycles. The van der Waals surface area contributed by atoms with Gasteiger partial charge in [-0.15, -0.1) is 0 Å². The first kappa shape index (κ1) is 25.2. The minimum Gasteiger partial charge on any atom is -0.495 e. The SMILES string of the molecule is COc1ccccc1NC(=O)N(OC(=O)C(F)(F)F)N(CC(C)(C)C)c1ccnc(C#N)n1. The van der Waals surface area contributed by atoms with Crippen LogP contribution in [0.25, 0.3) is 0 Å².